The molecule has 1 aliphatic rings. The van der Waals surface area contributed by atoms with Gasteiger partial charge < -0.3 is 10.2 Å². The lowest BCUT2D eigenvalue weighted by Crippen LogP contribution is -2.40. The van der Waals surface area contributed by atoms with Crippen molar-refractivity contribution in [1.29, 1.82) is 0 Å². The van der Waals surface area contributed by atoms with E-state index in [1.807, 2.05) is 49.5 Å². The van der Waals surface area contributed by atoms with Crippen LogP contribution in [0.4, 0.5) is 8.78 Å². The molecule has 33 heavy (non-hydrogen) atoms. The van der Waals surface area contributed by atoms with Gasteiger partial charge in [0.2, 0.25) is 0 Å². The van der Waals surface area contributed by atoms with E-state index in [1.54, 1.807) is 18.3 Å². The summed E-state index contributed by atoms with van der Waals surface area (Å²) in [7, 11) is 1.87. The van der Waals surface area contributed by atoms with Gasteiger partial charge in [-0.1, -0.05) is 0 Å². The monoisotopic (exact) mass is 457 g/mol. The molecule has 0 atom stereocenters. The first-order valence-electron chi connectivity index (χ1n) is 10.7. The first-order chi connectivity index (χ1) is 15.5. The molecule has 0 aromatic carbocycles. The summed E-state index contributed by atoms with van der Waals surface area (Å²) in [4.78, 5) is 33.6. The molecule has 1 aliphatic heterocycles. The third-order valence-corrected chi connectivity index (χ3v) is 5.15. The van der Waals surface area contributed by atoms with E-state index in [4.69, 9.17) is 0 Å². The molecule has 0 saturated carbocycles. The van der Waals surface area contributed by atoms with Gasteiger partial charge in [-0.2, -0.15) is 0 Å². The van der Waals surface area contributed by atoms with Gasteiger partial charge in [0, 0.05) is 61.0 Å². The van der Waals surface area contributed by atoms with E-state index in [9.17, 15) is 18.4 Å². The molecule has 3 aromatic heterocycles. The van der Waals surface area contributed by atoms with Gasteiger partial charge in [-0.25, -0.2) is 13.8 Å². The Hall–Kier alpha value is -3.20. The van der Waals surface area contributed by atoms with E-state index in [1.165, 1.54) is 12.4 Å². The van der Waals surface area contributed by atoms with Crippen molar-refractivity contribution < 1.29 is 18.4 Å². The molecule has 0 spiro atoms. The van der Waals surface area contributed by atoms with Crippen LogP contribution in [0.5, 0.6) is 0 Å². The molecule has 1 saturated heterocycles. The fourth-order valence-electron chi connectivity index (χ4n) is 3.36. The van der Waals surface area contributed by atoms with E-state index in [0.29, 0.717) is 29.9 Å². The summed E-state index contributed by atoms with van der Waals surface area (Å²) in [6.45, 7) is 6.85. The standard InChI is InChI=1S/C18H18N4O2.C6H11F2N/c1-18(2,3)21-17(24)14-7-15(10-19-9-14)22-5-4-13-6-12(11-23)8-20-16(13)22;1-9-4-2-6(7,8)3-5-9/h4-11H,1-3H3,(H,21,24);2-5H2,1H3. The minimum absolute atomic E-state index is 0.0312. The normalized spacial score (nSPS) is 16.1. The number of aldehydes is 1. The number of pyridine rings is 2. The molecular formula is C24H29F2N5O2. The fourth-order valence-corrected chi connectivity index (χ4v) is 3.36. The lowest BCUT2D eigenvalue weighted by atomic mass is 10.1. The number of amides is 1. The molecule has 3 aromatic rings. The van der Waals surface area contributed by atoms with Crippen molar-refractivity contribution in [1.82, 2.24) is 24.8 Å². The number of alkyl halides is 2. The predicted molar refractivity (Wildman–Crippen MR) is 123 cm³/mol. The number of carbonyl (C=O) groups is 2. The number of halogens is 2. The maximum Gasteiger partial charge on any atom is 0.253 e. The summed E-state index contributed by atoms with van der Waals surface area (Å²) in [5.41, 5.74) is 2.12. The molecule has 0 radical (unpaired) electrons. The molecule has 0 aliphatic carbocycles. The zero-order valence-electron chi connectivity index (χ0n) is 19.3. The second-order valence-electron chi connectivity index (χ2n) is 9.28. The summed E-state index contributed by atoms with van der Waals surface area (Å²) in [6, 6.07) is 5.41. The number of fused-ring (bicyclic) bond motifs is 1. The molecule has 7 nitrogen and oxygen atoms in total. The Morgan fingerprint density at radius 2 is 1.85 bits per heavy atom. The lowest BCUT2D eigenvalue weighted by Gasteiger charge is -2.28. The van der Waals surface area contributed by atoms with E-state index >= 15 is 0 Å². The van der Waals surface area contributed by atoms with Crippen molar-refractivity contribution in [2.24, 2.45) is 0 Å². The van der Waals surface area contributed by atoms with Crippen LogP contribution in [0.15, 0.2) is 43.0 Å². The Morgan fingerprint density at radius 3 is 2.45 bits per heavy atom. The number of nitrogens with one attached hydrogen (secondary N) is 1. The number of likely N-dealkylation sites (tertiary alicyclic amines) is 1. The smallest absolute Gasteiger partial charge is 0.253 e. The van der Waals surface area contributed by atoms with E-state index in [2.05, 4.69) is 15.3 Å². The second kappa shape index (κ2) is 9.74. The van der Waals surface area contributed by atoms with Crippen molar-refractivity contribution in [3.8, 4) is 5.69 Å². The Labute approximate surface area is 191 Å². The maximum absolute atomic E-state index is 12.4. The van der Waals surface area contributed by atoms with Crippen LogP contribution in [-0.2, 0) is 0 Å². The molecule has 4 heterocycles. The van der Waals surface area contributed by atoms with Crippen LogP contribution in [0.1, 0.15) is 54.3 Å². The quantitative estimate of drug-likeness (QED) is 0.599. The van der Waals surface area contributed by atoms with Gasteiger partial charge in [-0.3, -0.25) is 19.1 Å². The first-order valence-corrected chi connectivity index (χ1v) is 10.7. The highest BCUT2D eigenvalue weighted by atomic mass is 19.3. The van der Waals surface area contributed by atoms with Crippen LogP contribution in [0, 0.1) is 0 Å². The number of hydrogen-bond acceptors (Lipinski definition) is 5. The van der Waals surface area contributed by atoms with Gasteiger partial charge in [-0.15, -0.1) is 0 Å². The van der Waals surface area contributed by atoms with Crippen molar-refractivity contribution >= 4 is 23.2 Å². The van der Waals surface area contributed by atoms with Gasteiger partial charge in [0.25, 0.3) is 11.8 Å². The third-order valence-electron chi connectivity index (χ3n) is 5.15. The van der Waals surface area contributed by atoms with Crippen molar-refractivity contribution in [3.05, 3.63) is 54.1 Å². The Kier molecular flexibility index (Phi) is 7.22. The van der Waals surface area contributed by atoms with Gasteiger partial charge >= 0.3 is 0 Å². The molecule has 176 valence electrons. The molecule has 0 unspecified atom stereocenters. The Morgan fingerprint density at radius 1 is 1.15 bits per heavy atom. The second-order valence-corrected chi connectivity index (χ2v) is 9.28. The summed E-state index contributed by atoms with van der Waals surface area (Å²) in [5.74, 6) is -2.56. The van der Waals surface area contributed by atoms with Crippen LogP contribution in [0.25, 0.3) is 16.7 Å². The fraction of sp³-hybridized carbons (Fsp3) is 0.417. The van der Waals surface area contributed by atoms with Crippen LogP contribution < -0.4 is 5.32 Å². The van der Waals surface area contributed by atoms with Gasteiger partial charge in [0.15, 0.2) is 6.29 Å². The number of hydrogen-bond donors (Lipinski definition) is 1. The first kappa shape index (κ1) is 24.4. The van der Waals surface area contributed by atoms with Crippen LogP contribution in [0.3, 0.4) is 0 Å². The van der Waals surface area contributed by atoms with Crippen LogP contribution in [-0.4, -0.2) is 63.2 Å². The summed E-state index contributed by atoms with van der Waals surface area (Å²) >= 11 is 0. The highest BCUT2D eigenvalue weighted by molar-refractivity contribution is 5.95. The molecule has 9 heteroatoms. The summed E-state index contributed by atoms with van der Waals surface area (Å²) < 4.78 is 26.5. The van der Waals surface area contributed by atoms with Gasteiger partial charge in [0.05, 0.1) is 17.4 Å². The predicted octanol–water partition coefficient (Wildman–Crippen LogP) is 4.11. The van der Waals surface area contributed by atoms with Crippen molar-refractivity contribution in [3.63, 3.8) is 0 Å². The number of nitrogens with zero attached hydrogens (tertiary/aromatic N) is 4. The minimum Gasteiger partial charge on any atom is -0.347 e. The van der Waals surface area contributed by atoms with Gasteiger partial charge in [0.1, 0.15) is 5.65 Å². The van der Waals surface area contributed by atoms with Crippen molar-refractivity contribution in [2.45, 2.75) is 45.1 Å². The zero-order chi connectivity index (χ0) is 24.2. The number of piperidine rings is 1. The Bertz CT molecular complexity index is 1130. The molecule has 1 amide bonds. The van der Waals surface area contributed by atoms with E-state index in [0.717, 1.165) is 17.4 Å². The molecule has 0 bridgehead atoms. The molecule has 1 N–H and O–H groups in total. The number of carbonyl (C=O) groups excluding carboxylic acids is 2. The minimum atomic E-state index is -2.38. The zero-order valence-corrected chi connectivity index (χ0v) is 19.3. The number of rotatable bonds is 3. The van der Waals surface area contributed by atoms with Gasteiger partial charge in [-0.05, 0) is 46.0 Å². The van der Waals surface area contributed by atoms with E-state index in [-0.39, 0.29) is 24.3 Å². The highest BCUT2D eigenvalue weighted by Crippen LogP contribution is 2.26. The molecule has 4 rings (SSSR count). The SMILES string of the molecule is CC(C)(C)NC(=O)c1cncc(-n2ccc3cc(C=O)cnc32)c1.CN1CCC(F)(F)CC1. The molecule has 1 fully saturated rings. The van der Waals surface area contributed by atoms with E-state index < -0.39 is 5.92 Å². The maximum atomic E-state index is 12.4. The average molecular weight is 458 g/mol. The average Bonchev–Trinajstić information content (AvgIpc) is 3.18. The largest absolute Gasteiger partial charge is 0.347 e. The van der Waals surface area contributed by atoms with Crippen molar-refractivity contribution in [2.75, 3.05) is 20.1 Å². The molecular weight excluding hydrogens is 428 g/mol. The highest BCUT2D eigenvalue weighted by Gasteiger charge is 2.32. The summed E-state index contributed by atoms with van der Waals surface area (Å²) in [5, 5.41) is 3.77. The topological polar surface area (TPSA) is 80.1 Å². The lowest BCUT2D eigenvalue weighted by molar-refractivity contribution is -0.0504. The summed E-state index contributed by atoms with van der Waals surface area (Å²) in [6.07, 6.45) is 7.40. The third kappa shape index (κ3) is 6.64. The Balaban J connectivity index is 0.000000286. The van der Waals surface area contributed by atoms with Crippen LogP contribution in [0.2, 0.25) is 0 Å². The number of aromatic nitrogens is 3. The van der Waals surface area contributed by atoms with Crippen LogP contribution >= 0.6 is 0 Å².